The van der Waals surface area contributed by atoms with Gasteiger partial charge in [0.05, 0.1) is 36.4 Å². The average molecular weight is 358 g/mol. The highest BCUT2D eigenvalue weighted by atomic mass is 16.7. The van der Waals surface area contributed by atoms with Crippen LogP contribution in [0.2, 0.25) is 0 Å². The Labute approximate surface area is 151 Å². The second-order valence-corrected chi connectivity index (χ2v) is 6.92. The van der Waals surface area contributed by atoms with E-state index in [1.807, 2.05) is 6.07 Å². The molecule has 2 amide bonds. The number of urea groups is 1. The number of fused-ring (bicyclic) bond motifs is 2. The molecule has 8 heteroatoms. The Morgan fingerprint density at radius 2 is 2.15 bits per heavy atom. The summed E-state index contributed by atoms with van der Waals surface area (Å²) < 4.78 is 11.6. The molecule has 0 aromatic heterocycles. The molecule has 138 valence electrons. The molecule has 0 radical (unpaired) electrons. The number of nitriles is 1. The molecule has 3 fully saturated rings. The number of anilines is 1. The Kier molecular flexibility index (Phi) is 4.78. The fraction of sp³-hybridized carbons (Fsp3) is 0.556. The van der Waals surface area contributed by atoms with Gasteiger partial charge in [-0.1, -0.05) is 6.07 Å². The quantitative estimate of drug-likeness (QED) is 0.732. The number of rotatable bonds is 3. The van der Waals surface area contributed by atoms with E-state index in [-0.39, 0.29) is 12.1 Å². The van der Waals surface area contributed by atoms with E-state index < -0.39 is 24.5 Å². The van der Waals surface area contributed by atoms with Gasteiger partial charge in [-0.2, -0.15) is 5.26 Å². The zero-order valence-corrected chi connectivity index (χ0v) is 14.3. The van der Waals surface area contributed by atoms with Crippen LogP contribution in [0, 0.1) is 11.3 Å². The maximum absolute atomic E-state index is 12.4. The van der Waals surface area contributed by atoms with E-state index in [0.29, 0.717) is 17.9 Å². The lowest BCUT2D eigenvalue weighted by Gasteiger charge is -2.42. The van der Waals surface area contributed by atoms with Crippen LogP contribution in [0.25, 0.3) is 0 Å². The molecule has 2 bridgehead atoms. The molecular weight excluding hydrogens is 336 g/mol. The molecule has 3 saturated heterocycles. The minimum Gasteiger partial charge on any atom is -0.389 e. The summed E-state index contributed by atoms with van der Waals surface area (Å²) in [5, 5.41) is 25.4. The zero-order chi connectivity index (χ0) is 18.1. The van der Waals surface area contributed by atoms with Crippen LogP contribution in [-0.2, 0) is 9.47 Å². The highest BCUT2D eigenvalue weighted by Crippen LogP contribution is 2.33. The number of amides is 2. The predicted octanol–water partition coefficient (Wildman–Crippen LogP) is 0.629. The van der Waals surface area contributed by atoms with Gasteiger partial charge in [0, 0.05) is 5.69 Å². The van der Waals surface area contributed by atoms with Gasteiger partial charge in [-0.25, -0.2) is 4.79 Å². The molecule has 8 nitrogen and oxygen atoms in total. The van der Waals surface area contributed by atoms with Gasteiger partial charge in [0.15, 0.2) is 6.29 Å². The van der Waals surface area contributed by atoms with Crippen LogP contribution in [0.15, 0.2) is 24.3 Å². The number of carbonyl (C=O) groups is 1. The van der Waals surface area contributed by atoms with E-state index in [9.17, 15) is 9.90 Å². The number of carbonyl (C=O) groups excluding carboxylic acids is 1. The van der Waals surface area contributed by atoms with Gasteiger partial charge in [0.25, 0.3) is 0 Å². The maximum Gasteiger partial charge on any atom is 0.319 e. The monoisotopic (exact) mass is 358 g/mol. The third-order valence-electron chi connectivity index (χ3n) is 5.24. The summed E-state index contributed by atoms with van der Waals surface area (Å²) in [6.45, 7) is 2.14. The number of nitrogens with zero attached hydrogens (tertiary/aromatic N) is 2. The standard InChI is InChI=1S/C18H22N4O4/c19-9-11-4-3-5-12(8-11)20-18(24)21-14-13-10-25-17(26-13)15(16(14)23)22-6-1-2-7-22/h3-5,8,13-17,23H,1-2,6-7,10H2,(H2,20,21,24)/t13-,14-,15+,16-,17+/m0/s1. The molecule has 4 rings (SSSR count). The molecule has 0 aliphatic carbocycles. The van der Waals surface area contributed by atoms with Gasteiger partial charge in [-0.3, -0.25) is 4.90 Å². The largest absolute Gasteiger partial charge is 0.389 e. The second kappa shape index (κ2) is 7.21. The van der Waals surface area contributed by atoms with Crippen molar-refractivity contribution in [1.29, 1.82) is 5.26 Å². The number of nitrogens with one attached hydrogen (secondary N) is 2. The van der Waals surface area contributed by atoms with E-state index in [2.05, 4.69) is 15.5 Å². The normalized spacial score (nSPS) is 33.6. The van der Waals surface area contributed by atoms with Crippen molar-refractivity contribution in [2.45, 2.75) is 43.4 Å². The van der Waals surface area contributed by atoms with Crippen molar-refractivity contribution in [3.8, 4) is 6.07 Å². The van der Waals surface area contributed by atoms with Crippen LogP contribution in [-0.4, -0.2) is 66.3 Å². The van der Waals surface area contributed by atoms with Crippen molar-refractivity contribution in [2.24, 2.45) is 0 Å². The minimum absolute atomic E-state index is 0.275. The Morgan fingerprint density at radius 3 is 2.92 bits per heavy atom. The van der Waals surface area contributed by atoms with Crippen molar-refractivity contribution in [3.05, 3.63) is 29.8 Å². The number of hydrogen-bond donors (Lipinski definition) is 3. The highest BCUT2D eigenvalue weighted by molar-refractivity contribution is 5.89. The smallest absolute Gasteiger partial charge is 0.319 e. The van der Waals surface area contributed by atoms with Crippen molar-refractivity contribution >= 4 is 11.7 Å². The molecule has 3 aliphatic rings. The van der Waals surface area contributed by atoms with Crippen LogP contribution in [0.5, 0.6) is 0 Å². The SMILES string of the molecule is N#Cc1cccc(NC(=O)N[C@@H]2[C@H](O)[C@@H](N3CCCC3)[C@@H]3OC[C@@H]2O3)c1. The highest BCUT2D eigenvalue weighted by Gasteiger charge is 2.52. The molecule has 26 heavy (non-hydrogen) atoms. The van der Waals surface area contributed by atoms with Crippen LogP contribution >= 0.6 is 0 Å². The molecule has 0 saturated carbocycles. The molecule has 5 atom stereocenters. The number of aliphatic hydroxyl groups is 1. The zero-order valence-electron chi connectivity index (χ0n) is 14.3. The lowest BCUT2D eigenvalue weighted by atomic mass is 9.95. The Hall–Kier alpha value is -2.18. The fourth-order valence-electron chi connectivity index (χ4n) is 3.99. The van der Waals surface area contributed by atoms with Gasteiger partial charge in [0.2, 0.25) is 0 Å². The third-order valence-corrected chi connectivity index (χ3v) is 5.24. The van der Waals surface area contributed by atoms with E-state index in [4.69, 9.17) is 14.7 Å². The molecule has 1 aromatic carbocycles. The Morgan fingerprint density at radius 1 is 1.35 bits per heavy atom. The minimum atomic E-state index is -0.768. The summed E-state index contributed by atoms with van der Waals surface area (Å²) in [7, 11) is 0. The molecular formula is C18H22N4O4. The van der Waals surface area contributed by atoms with Crippen molar-refractivity contribution in [2.75, 3.05) is 25.0 Å². The van der Waals surface area contributed by atoms with E-state index in [1.54, 1.807) is 24.3 Å². The molecule has 0 unspecified atom stereocenters. The first-order chi connectivity index (χ1) is 12.7. The first-order valence-corrected chi connectivity index (χ1v) is 8.92. The number of benzene rings is 1. The third kappa shape index (κ3) is 3.27. The lowest BCUT2D eigenvalue weighted by Crippen LogP contribution is -2.65. The van der Waals surface area contributed by atoms with Gasteiger partial charge in [-0.05, 0) is 44.1 Å². The van der Waals surface area contributed by atoms with Gasteiger partial charge in [-0.15, -0.1) is 0 Å². The van der Waals surface area contributed by atoms with Crippen LogP contribution in [0.4, 0.5) is 10.5 Å². The number of hydrogen-bond acceptors (Lipinski definition) is 6. The summed E-state index contributed by atoms with van der Waals surface area (Å²) in [5.74, 6) is 0. The second-order valence-electron chi connectivity index (χ2n) is 6.92. The average Bonchev–Trinajstić information content (AvgIpc) is 3.30. The molecule has 3 N–H and O–H groups in total. The van der Waals surface area contributed by atoms with Crippen molar-refractivity contribution in [1.82, 2.24) is 10.2 Å². The summed E-state index contributed by atoms with van der Waals surface area (Å²) in [6.07, 6.45) is 0.600. The van der Waals surface area contributed by atoms with Gasteiger partial charge in [0.1, 0.15) is 6.10 Å². The number of ether oxygens (including phenoxy) is 2. The summed E-state index contributed by atoms with van der Waals surface area (Å²) in [6, 6.07) is 7.42. The van der Waals surface area contributed by atoms with Crippen molar-refractivity contribution < 1.29 is 19.4 Å². The first-order valence-electron chi connectivity index (χ1n) is 8.92. The Bertz CT molecular complexity index is 713. The summed E-state index contributed by atoms with van der Waals surface area (Å²) in [4.78, 5) is 14.6. The van der Waals surface area contributed by atoms with Crippen LogP contribution < -0.4 is 10.6 Å². The van der Waals surface area contributed by atoms with Crippen LogP contribution in [0.1, 0.15) is 18.4 Å². The Balaban J connectivity index is 1.44. The number of likely N-dealkylation sites (tertiary alicyclic amines) is 1. The first kappa shape index (κ1) is 17.2. The molecule has 3 heterocycles. The number of aliphatic hydroxyl groups excluding tert-OH is 1. The fourth-order valence-corrected chi connectivity index (χ4v) is 3.99. The summed E-state index contributed by atoms with van der Waals surface area (Å²) in [5.41, 5.74) is 0.981. The van der Waals surface area contributed by atoms with Gasteiger partial charge < -0.3 is 25.2 Å². The topological polar surface area (TPSA) is 107 Å². The van der Waals surface area contributed by atoms with Crippen LogP contribution in [0.3, 0.4) is 0 Å². The van der Waals surface area contributed by atoms with E-state index >= 15 is 0 Å². The van der Waals surface area contributed by atoms with Crippen molar-refractivity contribution in [3.63, 3.8) is 0 Å². The van der Waals surface area contributed by atoms with Gasteiger partial charge >= 0.3 is 6.03 Å². The van der Waals surface area contributed by atoms with E-state index in [1.165, 1.54) is 0 Å². The predicted molar refractivity (Wildman–Crippen MR) is 92.3 cm³/mol. The lowest BCUT2D eigenvalue weighted by molar-refractivity contribution is -0.177. The molecule has 1 aromatic rings. The summed E-state index contributed by atoms with van der Waals surface area (Å²) >= 11 is 0. The van der Waals surface area contributed by atoms with E-state index in [0.717, 1.165) is 25.9 Å². The molecule has 3 aliphatic heterocycles. The maximum atomic E-state index is 12.4. The molecule has 0 spiro atoms.